The number of hydrogen-bond donors (Lipinski definition) is 1. The number of hydrogen-bond acceptors (Lipinski definition) is 1. The molecule has 3 heteroatoms. The van der Waals surface area contributed by atoms with Crippen LogP contribution in [0.5, 0.6) is 0 Å². The summed E-state index contributed by atoms with van der Waals surface area (Å²) in [5, 5.41) is 3.86. The van der Waals surface area contributed by atoms with Gasteiger partial charge in [0.2, 0.25) is 0 Å². The molecule has 0 spiro atoms. The summed E-state index contributed by atoms with van der Waals surface area (Å²) >= 11 is 5.85. The molecule has 0 aliphatic rings. The van der Waals surface area contributed by atoms with E-state index in [0.717, 1.165) is 19.4 Å². The highest BCUT2D eigenvalue weighted by molar-refractivity contribution is 6.30. The van der Waals surface area contributed by atoms with E-state index >= 15 is 0 Å². The molecule has 0 saturated heterocycles. The molecule has 0 radical (unpaired) electrons. The van der Waals surface area contributed by atoms with Gasteiger partial charge in [0.25, 0.3) is 0 Å². The Morgan fingerprint density at radius 3 is 2.67 bits per heavy atom. The summed E-state index contributed by atoms with van der Waals surface area (Å²) in [6.07, 6.45) is 1.78. The topological polar surface area (TPSA) is 12.0 Å². The lowest BCUT2D eigenvalue weighted by Crippen LogP contribution is -2.25. The van der Waals surface area contributed by atoms with Crippen molar-refractivity contribution in [3.8, 4) is 0 Å². The van der Waals surface area contributed by atoms with Crippen LogP contribution in [0.15, 0.2) is 42.5 Å². The maximum absolute atomic E-state index is 14.2. The highest BCUT2D eigenvalue weighted by Crippen LogP contribution is 2.24. The van der Waals surface area contributed by atoms with Crippen LogP contribution in [-0.2, 0) is 6.42 Å². The van der Waals surface area contributed by atoms with E-state index in [9.17, 15) is 4.39 Å². The number of rotatable bonds is 6. The Kier molecular flexibility index (Phi) is 5.77. The van der Waals surface area contributed by atoms with Crippen LogP contribution in [0.1, 0.15) is 36.1 Å². The van der Waals surface area contributed by atoms with Gasteiger partial charge in [0, 0.05) is 16.6 Å². The maximum Gasteiger partial charge on any atom is 0.129 e. The minimum absolute atomic E-state index is 0.0379. The van der Waals surface area contributed by atoms with Crippen LogP contribution in [0.2, 0.25) is 5.02 Å². The summed E-state index contributed by atoms with van der Waals surface area (Å²) in [5.74, 6) is -0.247. The van der Waals surface area contributed by atoms with Crippen LogP contribution >= 0.6 is 11.6 Å². The highest BCUT2D eigenvalue weighted by atomic mass is 35.5. The molecule has 1 nitrogen and oxygen atoms in total. The van der Waals surface area contributed by atoms with Gasteiger partial charge in [-0.1, -0.05) is 54.4 Å². The second kappa shape index (κ2) is 7.58. The summed E-state index contributed by atoms with van der Waals surface area (Å²) in [5.41, 5.74) is 3.10. The minimum Gasteiger partial charge on any atom is -0.310 e. The van der Waals surface area contributed by atoms with Gasteiger partial charge in [-0.15, -0.1) is 0 Å². The molecular formula is C18H21ClFN. The van der Waals surface area contributed by atoms with Crippen LogP contribution in [-0.4, -0.2) is 6.54 Å². The average Bonchev–Trinajstić information content (AvgIpc) is 2.44. The third kappa shape index (κ3) is 4.55. The maximum atomic E-state index is 14.2. The minimum atomic E-state index is -0.247. The first kappa shape index (κ1) is 16.0. The van der Waals surface area contributed by atoms with E-state index in [0.29, 0.717) is 10.6 Å². The van der Waals surface area contributed by atoms with E-state index in [1.807, 2.05) is 6.07 Å². The second-order valence-corrected chi connectivity index (χ2v) is 5.80. The third-order valence-corrected chi connectivity index (χ3v) is 3.74. The van der Waals surface area contributed by atoms with E-state index < -0.39 is 0 Å². The summed E-state index contributed by atoms with van der Waals surface area (Å²) < 4.78 is 14.2. The monoisotopic (exact) mass is 305 g/mol. The van der Waals surface area contributed by atoms with Gasteiger partial charge in [0.15, 0.2) is 0 Å². The number of nitrogens with one attached hydrogen (secondary N) is 1. The van der Waals surface area contributed by atoms with Crippen molar-refractivity contribution in [1.82, 2.24) is 5.32 Å². The summed E-state index contributed by atoms with van der Waals surface area (Å²) in [6, 6.07) is 13.2. The largest absolute Gasteiger partial charge is 0.310 e. The molecule has 21 heavy (non-hydrogen) atoms. The molecule has 0 aliphatic carbocycles. The lowest BCUT2D eigenvalue weighted by atomic mass is 9.97. The van der Waals surface area contributed by atoms with Crippen molar-refractivity contribution in [1.29, 1.82) is 0 Å². The Balaban J connectivity index is 2.25. The molecular weight excluding hydrogens is 285 g/mol. The fourth-order valence-corrected chi connectivity index (χ4v) is 2.63. The zero-order valence-electron chi connectivity index (χ0n) is 12.5. The quantitative estimate of drug-likeness (QED) is 0.785. The van der Waals surface area contributed by atoms with Crippen LogP contribution in [0, 0.1) is 12.7 Å². The van der Waals surface area contributed by atoms with Gasteiger partial charge in [-0.3, -0.25) is 0 Å². The van der Waals surface area contributed by atoms with Crippen molar-refractivity contribution in [2.24, 2.45) is 0 Å². The Morgan fingerprint density at radius 2 is 2.00 bits per heavy atom. The molecule has 0 fully saturated rings. The average molecular weight is 306 g/mol. The van der Waals surface area contributed by atoms with E-state index in [4.69, 9.17) is 11.6 Å². The summed E-state index contributed by atoms with van der Waals surface area (Å²) in [4.78, 5) is 0. The van der Waals surface area contributed by atoms with Gasteiger partial charge >= 0.3 is 0 Å². The SMILES string of the molecule is CCCNC(Cc1cccc(C)c1)c1ccc(Cl)cc1F. The standard InChI is InChI=1S/C18H21ClFN/c1-3-9-21-18(11-14-6-4-5-13(2)10-14)16-8-7-15(19)12-17(16)20/h4-8,10,12,18,21H,3,9,11H2,1-2H3. The zero-order chi connectivity index (χ0) is 15.2. The molecule has 1 N–H and O–H groups in total. The fourth-order valence-electron chi connectivity index (χ4n) is 2.47. The second-order valence-electron chi connectivity index (χ2n) is 5.37. The van der Waals surface area contributed by atoms with Crippen molar-refractivity contribution in [3.63, 3.8) is 0 Å². The number of aryl methyl sites for hydroxylation is 1. The molecule has 1 unspecified atom stereocenters. The smallest absolute Gasteiger partial charge is 0.129 e. The van der Waals surface area contributed by atoms with Gasteiger partial charge in [-0.2, -0.15) is 0 Å². The van der Waals surface area contributed by atoms with Crippen LogP contribution < -0.4 is 5.32 Å². The van der Waals surface area contributed by atoms with E-state index in [1.165, 1.54) is 17.2 Å². The zero-order valence-corrected chi connectivity index (χ0v) is 13.3. The molecule has 0 aromatic heterocycles. The van der Waals surface area contributed by atoms with Crippen molar-refractivity contribution in [2.75, 3.05) is 6.54 Å². The first-order valence-corrected chi connectivity index (χ1v) is 7.72. The molecule has 1 atom stereocenters. The lowest BCUT2D eigenvalue weighted by molar-refractivity contribution is 0.497. The fraction of sp³-hybridized carbons (Fsp3) is 0.333. The predicted molar refractivity (Wildman–Crippen MR) is 87.3 cm³/mol. The lowest BCUT2D eigenvalue weighted by Gasteiger charge is -2.20. The summed E-state index contributed by atoms with van der Waals surface area (Å²) in [6.45, 7) is 5.04. The van der Waals surface area contributed by atoms with Gasteiger partial charge in [0.1, 0.15) is 5.82 Å². The van der Waals surface area contributed by atoms with Gasteiger partial charge < -0.3 is 5.32 Å². The van der Waals surface area contributed by atoms with Crippen molar-refractivity contribution >= 4 is 11.6 Å². The predicted octanol–water partition coefficient (Wildman–Crippen LogP) is 5.07. The van der Waals surface area contributed by atoms with Crippen LogP contribution in [0.4, 0.5) is 4.39 Å². The molecule has 2 aromatic rings. The first-order valence-electron chi connectivity index (χ1n) is 7.34. The Labute approximate surface area is 131 Å². The Morgan fingerprint density at radius 1 is 1.19 bits per heavy atom. The first-order chi connectivity index (χ1) is 10.1. The normalized spacial score (nSPS) is 12.4. The van der Waals surface area contributed by atoms with Crippen molar-refractivity contribution < 1.29 is 4.39 Å². The number of benzene rings is 2. The molecule has 0 bridgehead atoms. The molecule has 0 heterocycles. The van der Waals surface area contributed by atoms with E-state index in [1.54, 1.807) is 12.1 Å². The van der Waals surface area contributed by atoms with Crippen molar-refractivity contribution in [3.05, 3.63) is 70.0 Å². The van der Waals surface area contributed by atoms with Gasteiger partial charge in [-0.05, 0) is 44.0 Å². The van der Waals surface area contributed by atoms with Crippen molar-refractivity contribution in [2.45, 2.75) is 32.7 Å². The molecule has 0 aliphatic heterocycles. The third-order valence-electron chi connectivity index (χ3n) is 3.50. The highest BCUT2D eigenvalue weighted by Gasteiger charge is 2.16. The molecule has 0 amide bonds. The Bertz CT molecular complexity index is 598. The van der Waals surface area contributed by atoms with E-state index in [-0.39, 0.29) is 11.9 Å². The molecule has 2 rings (SSSR count). The summed E-state index contributed by atoms with van der Waals surface area (Å²) in [7, 11) is 0. The molecule has 0 saturated carbocycles. The molecule has 2 aromatic carbocycles. The van der Waals surface area contributed by atoms with Gasteiger partial charge in [-0.25, -0.2) is 4.39 Å². The number of halogens is 2. The Hall–Kier alpha value is -1.38. The van der Waals surface area contributed by atoms with Gasteiger partial charge in [0.05, 0.1) is 0 Å². The van der Waals surface area contributed by atoms with Crippen LogP contribution in [0.3, 0.4) is 0 Å². The van der Waals surface area contributed by atoms with Crippen LogP contribution in [0.25, 0.3) is 0 Å². The molecule has 112 valence electrons. The van der Waals surface area contributed by atoms with E-state index in [2.05, 4.69) is 37.4 Å².